The molecule has 1 unspecified atom stereocenters. The number of ether oxygens (including phenoxy) is 1. The van der Waals surface area contributed by atoms with Gasteiger partial charge in [-0.3, -0.25) is 4.79 Å². The lowest BCUT2D eigenvalue weighted by atomic mass is 10.0. The van der Waals surface area contributed by atoms with Gasteiger partial charge in [-0.15, -0.1) is 0 Å². The third-order valence-electron chi connectivity index (χ3n) is 3.51. The summed E-state index contributed by atoms with van der Waals surface area (Å²) >= 11 is 0. The molecule has 0 aliphatic carbocycles. The minimum Gasteiger partial charge on any atom is -0.465 e. The first kappa shape index (κ1) is 17.5. The summed E-state index contributed by atoms with van der Waals surface area (Å²) < 4.78 is 5.17. The molecule has 18 heavy (non-hydrogen) atoms. The van der Waals surface area contributed by atoms with Crippen molar-refractivity contribution in [1.29, 1.82) is 0 Å². The minimum absolute atomic E-state index is 0.172. The molecule has 0 spiro atoms. The zero-order valence-corrected chi connectivity index (χ0v) is 12.5. The highest BCUT2D eigenvalue weighted by atomic mass is 16.5. The minimum atomic E-state index is 0.172. The first-order valence-electron chi connectivity index (χ1n) is 7.94. The molecule has 0 amide bonds. The summed E-state index contributed by atoms with van der Waals surface area (Å²) in [4.78, 5) is 10.5. The molecule has 0 bridgehead atoms. The number of carbonyl (C=O) groups excluding carboxylic acids is 1. The van der Waals surface area contributed by atoms with E-state index in [2.05, 4.69) is 13.8 Å². The van der Waals surface area contributed by atoms with Gasteiger partial charge in [0, 0.05) is 0 Å². The normalized spacial score (nSPS) is 12.3. The van der Waals surface area contributed by atoms with Crippen molar-refractivity contribution in [2.24, 2.45) is 0 Å². The molecule has 0 radical (unpaired) electrons. The second-order valence-electron chi connectivity index (χ2n) is 5.26. The standard InChI is InChI=1S/C16H32O2/c1-3-5-7-9-10-12-14-16(18-15-17)13-11-8-6-4-2/h15-16H,3-14H2,1-2H3. The van der Waals surface area contributed by atoms with Crippen LogP contribution < -0.4 is 0 Å². The fourth-order valence-electron chi connectivity index (χ4n) is 2.31. The van der Waals surface area contributed by atoms with Crippen LogP contribution >= 0.6 is 0 Å². The average Bonchev–Trinajstić information content (AvgIpc) is 2.38. The second-order valence-corrected chi connectivity index (χ2v) is 5.26. The summed E-state index contributed by atoms with van der Waals surface area (Å²) in [5, 5.41) is 0. The molecule has 0 heterocycles. The van der Waals surface area contributed by atoms with Crippen molar-refractivity contribution in [1.82, 2.24) is 0 Å². The van der Waals surface area contributed by atoms with Crippen LogP contribution in [0.2, 0.25) is 0 Å². The third kappa shape index (κ3) is 11.9. The van der Waals surface area contributed by atoms with Gasteiger partial charge in [0.15, 0.2) is 0 Å². The Bertz CT molecular complexity index is 168. The van der Waals surface area contributed by atoms with Crippen LogP contribution in [0.4, 0.5) is 0 Å². The fourth-order valence-corrected chi connectivity index (χ4v) is 2.31. The van der Waals surface area contributed by atoms with E-state index in [0.29, 0.717) is 6.47 Å². The van der Waals surface area contributed by atoms with Gasteiger partial charge in [0.1, 0.15) is 6.10 Å². The lowest BCUT2D eigenvalue weighted by Crippen LogP contribution is -2.12. The maximum absolute atomic E-state index is 10.5. The summed E-state index contributed by atoms with van der Waals surface area (Å²) in [6.45, 7) is 5.08. The smallest absolute Gasteiger partial charge is 0.293 e. The van der Waals surface area contributed by atoms with E-state index in [1.54, 1.807) is 0 Å². The molecule has 0 aliphatic rings. The van der Waals surface area contributed by atoms with Crippen LogP contribution in [0.1, 0.15) is 90.9 Å². The zero-order chi connectivity index (χ0) is 13.5. The van der Waals surface area contributed by atoms with Gasteiger partial charge in [-0.05, 0) is 25.7 Å². The molecule has 0 rings (SSSR count). The van der Waals surface area contributed by atoms with E-state index >= 15 is 0 Å². The Morgan fingerprint density at radius 3 is 1.72 bits per heavy atom. The van der Waals surface area contributed by atoms with E-state index in [1.807, 2.05) is 0 Å². The zero-order valence-electron chi connectivity index (χ0n) is 12.5. The van der Waals surface area contributed by atoms with Crippen LogP contribution in [0.3, 0.4) is 0 Å². The van der Waals surface area contributed by atoms with Crippen molar-refractivity contribution >= 4 is 6.47 Å². The average molecular weight is 256 g/mol. The van der Waals surface area contributed by atoms with E-state index in [1.165, 1.54) is 64.2 Å². The lowest BCUT2D eigenvalue weighted by Gasteiger charge is -2.14. The van der Waals surface area contributed by atoms with Crippen LogP contribution in [0, 0.1) is 0 Å². The summed E-state index contributed by atoms with van der Waals surface area (Å²) in [5.74, 6) is 0. The number of rotatable bonds is 14. The van der Waals surface area contributed by atoms with E-state index in [0.717, 1.165) is 12.8 Å². The Morgan fingerprint density at radius 1 is 0.778 bits per heavy atom. The molecule has 0 N–H and O–H groups in total. The SMILES string of the molecule is CCCCCCCCC(CCCCCC)OC=O. The van der Waals surface area contributed by atoms with Crippen LogP contribution in [-0.4, -0.2) is 12.6 Å². The summed E-state index contributed by atoms with van der Waals surface area (Å²) in [7, 11) is 0. The van der Waals surface area contributed by atoms with Crippen LogP contribution in [0.5, 0.6) is 0 Å². The summed E-state index contributed by atoms with van der Waals surface area (Å²) in [6, 6.07) is 0. The molecule has 0 saturated carbocycles. The van der Waals surface area contributed by atoms with Gasteiger partial charge in [0.25, 0.3) is 6.47 Å². The molecule has 0 aliphatic heterocycles. The van der Waals surface area contributed by atoms with E-state index in [-0.39, 0.29) is 6.10 Å². The van der Waals surface area contributed by atoms with Gasteiger partial charge in [-0.25, -0.2) is 0 Å². The largest absolute Gasteiger partial charge is 0.465 e. The topological polar surface area (TPSA) is 26.3 Å². The van der Waals surface area contributed by atoms with Gasteiger partial charge in [0.2, 0.25) is 0 Å². The highest BCUT2D eigenvalue weighted by molar-refractivity contribution is 5.37. The highest BCUT2D eigenvalue weighted by Gasteiger charge is 2.08. The number of hydrogen-bond acceptors (Lipinski definition) is 2. The molecule has 0 aromatic heterocycles. The van der Waals surface area contributed by atoms with Crippen molar-refractivity contribution in [3.8, 4) is 0 Å². The summed E-state index contributed by atoms with van der Waals surface area (Å²) in [5.41, 5.74) is 0. The Hall–Kier alpha value is -0.530. The Kier molecular flexibility index (Phi) is 14.1. The Morgan fingerprint density at radius 2 is 1.22 bits per heavy atom. The quantitative estimate of drug-likeness (QED) is 0.313. The molecular weight excluding hydrogens is 224 g/mol. The molecular formula is C16H32O2. The van der Waals surface area contributed by atoms with Crippen molar-refractivity contribution in [3.63, 3.8) is 0 Å². The predicted molar refractivity (Wildman–Crippen MR) is 77.7 cm³/mol. The van der Waals surface area contributed by atoms with E-state index < -0.39 is 0 Å². The first-order chi connectivity index (χ1) is 8.85. The molecule has 2 nitrogen and oxygen atoms in total. The Balaban J connectivity index is 3.47. The molecule has 0 aromatic rings. The fraction of sp³-hybridized carbons (Fsp3) is 0.938. The monoisotopic (exact) mass is 256 g/mol. The maximum Gasteiger partial charge on any atom is 0.293 e. The van der Waals surface area contributed by atoms with Crippen LogP contribution in [0.25, 0.3) is 0 Å². The molecule has 1 atom stereocenters. The van der Waals surface area contributed by atoms with Crippen molar-refractivity contribution in [3.05, 3.63) is 0 Å². The number of hydrogen-bond donors (Lipinski definition) is 0. The number of carbonyl (C=O) groups is 1. The van der Waals surface area contributed by atoms with Gasteiger partial charge in [0.05, 0.1) is 0 Å². The molecule has 0 saturated heterocycles. The molecule has 0 fully saturated rings. The van der Waals surface area contributed by atoms with Gasteiger partial charge >= 0.3 is 0 Å². The van der Waals surface area contributed by atoms with Gasteiger partial charge in [-0.2, -0.15) is 0 Å². The van der Waals surface area contributed by atoms with Crippen LogP contribution in [0.15, 0.2) is 0 Å². The van der Waals surface area contributed by atoms with Crippen molar-refractivity contribution in [2.75, 3.05) is 0 Å². The maximum atomic E-state index is 10.5. The van der Waals surface area contributed by atoms with Crippen LogP contribution in [-0.2, 0) is 9.53 Å². The molecule has 0 aromatic carbocycles. The second kappa shape index (κ2) is 14.5. The van der Waals surface area contributed by atoms with E-state index in [4.69, 9.17) is 4.74 Å². The third-order valence-corrected chi connectivity index (χ3v) is 3.51. The van der Waals surface area contributed by atoms with Crippen molar-refractivity contribution < 1.29 is 9.53 Å². The highest BCUT2D eigenvalue weighted by Crippen LogP contribution is 2.15. The van der Waals surface area contributed by atoms with Gasteiger partial charge < -0.3 is 4.74 Å². The lowest BCUT2D eigenvalue weighted by molar-refractivity contribution is -0.134. The number of unbranched alkanes of at least 4 members (excludes halogenated alkanes) is 8. The Labute approximate surface area is 113 Å². The van der Waals surface area contributed by atoms with E-state index in [9.17, 15) is 4.79 Å². The first-order valence-corrected chi connectivity index (χ1v) is 7.94. The predicted octanol–water partition coefficient (Wildman–Crippen LogP) is 5.25. The molecule has 2 heteroatoms. The van der Waals surface area contributed by atoms with Gasteiger partial charge in [-0.1, -0.05) is 65.2 Å². The molecule has 108 valence electrons. The van der Waals surface area contributed by atoms with Crippen molar-refractivity contribution in [2.45, 2.75) is 97.0 Å². The summed E-state index contributed by atoms with van der Waals surface area (Å²) in [6.07, 6.45) is 15.1.